The number of ether oxygens (including phenoxy) is 2. The molecule has 2 bridgehead atoms. The number of rotatable bonds is 3. The number of fused-ring (bicyclic) bond motifs is 1. The molecule has 1 spiro atoms. The molecule has 0 aromatic heterocycles. The zero-order chi connectivity index (χ0) is 19.5. The van der Waals surface area contributed by atoms with E-state index in [1.54, 1.807) is 0 Å². The Morgan fingerprint density at radius 3 is 2.75 bits per heavy atom. The third-order valence-electron chi connectivity index (χ3n) is 6.73. The SMILES string of the molecule is Cc1ccc(CN2C[C@]34C=C[C@H](O3)C(C(=O)N3CCOCC3)C4C2=O)cc1C. The zero-order valence-corrected chi connectivity index (χ0v) is 16.4. The third kappa shape index (κ3) is 2.62. The molecule has 4 heterocycles. The van der Waals surface area contributed by atoms with Gasteiger partial charge in [-0.1, -0.05) is 30.4 Å². The molecule has 1 aromatic carbocycles. The highest BCUT2D eigenvalue weighted by molar-refractivity contribution is 5.93. The number of benzene rings is 1. The van der Waals surface area contributed by atoms with Gasteiger partial charge in [-0.3, -0.25) is 9.59 Å². The van der Waals surface area contributed by atoms with Gasteiger partial charge in [0.05, 0.1) is 37.7 Å². The van der Waals surface area contributed by atoms with Crippen molar-refractivity contribution in [3.05, 3.63) is 47.0 Å². The summed E-state index contributed by atoms with van der Waals surface area (Å²) in [6.07, 6.45) is 3.71. The van der Waals surface area contributed by atoms with E-state index in [0.29, 0.717) is 39.4 Å². The van der Waals surface area contributed by atoms with Crippen molar-refractivity contribution in [1.29, 1.82) is 0 Å². The van der Waals surface area contributed by atoms with Crippen molar-refractivity contribution in [1.82, 2.24) is 9.80 Å². The Morgan fingerprint density at radius 1 is 1.21 bits per heavy atom. The van der Waals surface area contributed by atoms with Crippen molar-refractivity contribution >= 4 is 11.8 Å². The van der Waals surface area contributed by atoms with Crippen molar-refractivity contribution in [3.8, 4) is 0 Å². The van der Waals surface area contributed by atoms with E-state index < -0.39 is 17.4 Å². The molecule has 0 aliphatic carbocycles. The topological polar surface area (TPSA) is 59.1 Å². The molecule has 3 fully saturated rings. The van der Waals surface area contributed by atoms with Crippen LogP contribution in [0, 0.1) is 25.7 Å². The standard InChI is InChI=1S/C22H26N2O4/c1-14-3-4-16(11-15(14)2)12-24-13-22-6-5-17(28-22)18(19(22)21(24)26)20(25)23-7-9-27-10-8-23/h3-6,11,17-19H,7-10,12-13H2,1-2H3/t17-,18?,19?,22-/m0/s1. The van der Waals surface area contributed by atoms with E-state index in [4.69, 9.17) is 9.47 Å². The lowest BCUT2D eigenvalue weighted by atomic mass is 9.76. The number of nitrogens with zero attached hydrogens (tertiary/aromatic N) is 2. The van der Waals surface area contributed by atoms with Gasteiger partial charge in [-0.25, -0.2) is 0 Å². The molecule has 0 N–H and O–H groups in total. The number of hydrogen-bond acceptors (Lipinski definition) is 4. The van der Waals surface area contributed by atoms with Crippen LogP contribution in [0.5, 0.6) is 0 Å². The maximum Gasteiger partial charge on any atom is 0.230 e. The highest BCUT2D eigenvalue weighted by Crippen LogP contribution is 2.52. The molecule has 5 rings (SSSR count). The molecule has 28 heavy (non-hydrogen) atoms. The van der Waals surface area contributed by atoms with E-state index in [1.165, 1.54) is 11.1 Å². The minimum atomic E-state index is -0.645. The lowest BCUT2D eigenvalue weighted by molar-refractivity contribution is -0.146. The molecule has 0 saturated carbocycles. The maximum absolute atomic E-state index is 13.3. The molecule has 2 amide bonds. The Hall–Kier alpha value is -2.18. The molecule has 0 radical (unpaired) electrons. The summed E-state index contributed by atoms with van der Waals surface area (Å²) in [5.74, 6) is -0.757. The normalized spacial score (nSPS) is 33.6. The summed E-state index contributed by atoms with van der Waals surface area (Å²) < 4.78 is 11.6. The molecule has 4 atom stereocenters. The predicted molar refractivity (Wildman–Crippen MR) is 102 cm³/mol. The van der Waals surface area contributed by atoms with Crippen LogP contribution in [-0.2, 0) is 25.6 Å². The first-order valence-electron chi connectivity index (χ1n) is 10.1. The fraction of sp³-hybridized carbons (Fsp3) is 0.545. The Labute approximate surface area is 165 Å². The van der Waals surface area contributed by atoms with Crippen LogP contribution < -0.4 is 0 Å². The Balaban J connectivity index is 1.39. The monoisotopic (exact) mass is 382 g/mol. The second-order valence-electron chi connectivity index (χ2n) is 8.45. The lowest BCUT2D eigenvalue weighted by Gasteiger charge is -2.32. The van der Waals surface area contributed by atoms with Gasteiger partial charge in [-0.2, -0.15) is 0 Å². The number of amides is 2. The molecule has 6 nitrogen and oxygen atoms in total. The third-order valence-corrected chi connectivity index (χ3v) is 6.73. The first-order chi connectivity index (χ1) is 13.5. The molecule has 2 unspecified atom stereocenters. The van der Waals surface area contributed by atoms with Gasteiger partial charge in [0.1, 0.15) is 5.60 Å². The number of morpholine rings is 1. The first-order valence-corrected chi connectivity index (χ1v) is 10.1. The van der Waals surface area contributed by atoms with Gasteiger partial charge in [0.2, 0.25) is 11.8 Å². The van der Waals surface area contributed by atoms with Crippen molar-refractivity contribution in [2.75, 3.05) is 32.8 Å². The minimum absolute atomic E-state index is 0.0332. The van der Waals surface area contributed by atoms with Gasteiger partial charge < -0.3 is 19.3 Å². The Kier molecular flexibility index (Phi) is 4.10. The molecular weight excluding hydrogens is 356 g/mol. The van der Waals surface area contributed by atoms with Gasteiger partial charge >= 0.3 is 0 Å². The maximum atomic E-state index is 13.3. The highest BCUT2D eigenvalue weighted by atomic mass is 16.5. The summed E-state index contributed by atoms with van der Waals surface area (Å²) in [5, 5.41) is 0. The average Bonchev–Trinajstić information content (AvgIpc) is 3.33. The Morgan fingerprint density at radius 2 is 2.00 bits per heavy atom. The largest absolute Gasteiger partial charge is 0.378 e. The molecule has 148 valence electrons. The molecular formula is C22H26N2O4. The van der Waals surface area contributed by atoms with Gasteiger partial charge in [0.25, 0.3) is 0 Å². The summed E-state index contributed by atoms with van der Waals surface area (Å²) in [6.45, 7) is 7.54. The van der Waals surface area contributed by atoms with E-state index >= 15 is 0 Å². The second kappa shape index (κ2) is 6.42. The van der Waals surface area contributed by atoms with E-state index in [1.807, 2.05) is 22.0 Å². The fourth-order valence-electron chi connectivity index (χ4n) is 5.11. The summed E-state index contributed by atoms with van der Waals surface area (Å²) >= 11 is 0. The summed E-state index contributed by atoms with van der Waals surface area (Å²) in [4.78, 5) is 30.2. The van der Waals surface area contributed by atoms with Crippen LogP contribution in [-0.4, -0.2) is 66.2 Å². The zero-order valence-electron chi connectivity index (χ0n) is 16.4. The van der Waals surface area contributed by atoms with Crippen LogP contribution in [0.15, 0.2) is 30.4 Å². The van der Waals surface area contributed by atoms with E-state index in [2.05, 4.69) is 32.0 Å². The van der Waals surface area contributed by atoms with E-state index in [9.17, 15) is 9.59 Å². The smallest absolute Gasteiger partial charge is 0.230 e. The Bertz CT molecular complexity index is 860. The number of aryl methyl sites for hydroxylation is 2. The summed E-state index contributed by atoms with van der Waals surface area (Å²) in [7, 11) is 0. The lowest BCUT2D eigenvalue weighted by Crippen LogP contribution is -2.49. The van der Waals surface area contributed by atoms with Crippen LogP contribution in [0.3, 0.4) is 0 Å². The van der Waals surface area contributed by atoms with Crippen LogP contribution in [0.1, 0.15) is 16.7 Å². The average molecular weight is 382 g/mol. The summed E-state index contributed by atoms with van der Waals surface area (Å²) in [5.41, 5.74) is 2.93. The van der Waals surface area contributed by atoms with Gasteiger partial charge in [0, 0.05) is 19.6 Å². The molecule has 6 heteroatoms. The number of carbonyl (C=O) groups excluding carboxylic acids is 2. The van der Waals surface area contributed by atoms with Crippen molar-refractivity contribution in [2.45, 2.75) is 32.1 Å². The first kappa shape index (κ1) is 17.9. The molecule has 4 aliphatic rings. The van der Waals surface area contributed by atoms with Crippen molar-refractivity contribution in [3.63, 3.8) is 0 Å². The number of hydrogen-bond donors (Lipinski definition) is 0. The molecule has 1 aromatic rings. The minimum Gasteiger partial charge on any atom is -0.378 e. The second-order valence-corrected chi connectivity index (χ2v) is 8.45. The van der Waals surface area contributed by atoms with Crippen LogP contribution in [0.25, 0.3) is 0 Å². The highest BCUT2D eigenvalue weighted by Gasteiger charge is 2.67. The predicted octanol–water partition coefficient (Wildman–Crippen LogP) is 1.44. The fourth-order valence-corrected chi connectivity index (χ4v) is 5.11. The van der Waals surface area contributed by atoms with Gasteiger partial charge in [0.15, 0.2) is 0 Å². The quantitative estimate of drug-likeness (QED) is 0.743. The summed E-state index contributed by atoms with van der Waals surface area (Å²) in [6, 6.07) is 6.31. The van der Waals surface area contributed by atoms with Gasteiger partial charge in [-0.05, 0) is 30.5 Å². The van der Waals surface area contributed by atoms with E-state index in [0.717, 1.165) is 5.56 Å². The van der Waals surface area contributed by atoms with E-state index in [-0.39, 0.29) is 17.9 Å². The van der Waals surface area contributed by atoms with Crippen LogP contribution in [0.4, 0.5) is 0 Å². The molecule has 4 aliphatic heterocycles. The van der Waals surface area contributed by atoms with Crippen molar-refractivity contribution < 1.29 is 19.1 Å². The molecule has 3 saturated heterocycles. The van der Waals surface area contributed by atoms with Crippen LogP contribution in [0.2, 0.25) is 0 Å². The van der Waals surface area contributed by atoms with Crippen LogP contribution >= 0.6 is 0 Å². The van der Waals surface area contributed by atoms with Gasteiger partial charge in [-0.15, -0.1) is 0 Å². The number of likely N-dealkylation sites (tertiary alicyclic amines) is 1. The number of carbonyl (C=O) groups is 2. The van der Waals surface area contributed by atoms with Crippen molar-refractivity contribution in [2.24, 2.45) is 11.8 Å².